The molecule has 0 unspecified atom stereocenters. The quantitative estimate of drug-likeness (QED) is 0.625. The molecule has 4 heteroatoms. The summed E-state index contributed by atoms with van der Waals surface area (Å²) in [4.78, 5) is 8.81. The van der Waals surface area contributed by atoms with Crippen molar-refractivity contribution in [2.75, 3.05) is 41.8 Å². The van der Waals surface area contributed by atoms with Gasteiger partial charge in [0.2, 0.25) is 0 Å². The summed E-state index contributed by atoms with van der Waals surface area (Å²) in [6.07, 6.45) is 0. The number of guanidine groups is 1. The van der Waals surface area contributed by atoms with Crippen LogP contribution in [0.5, 0.6) is 5.75 Å². The number of hydrogen-bond donors (Lipinski definition) is 0. The standard InChI is InChI=1S/C16H27N3O/c1-16(2,12-17-15(18(3)4)19(5)6)13-9-8-10-14(11-13)20-7/h8-11H,12H2,1-7H3. The van der Waals surface area contributed by atoms with E-state index in [0.717, 1.165) is 18.3 Å². The average molecular weight is 277 g/mol. The van der Waals surface area contributed by atoms with Crippen LogP contribution in [0.2, 0.25) is 0 Å². The molecule has 0 fully saturated rings. The molecule has 0 radical (unpaired) electrons. The Morgan fingerprint density at radius 1 is 1.15 bits per heavy atom. The van der Waals surface area contributed by atoms with Gasteiger partial charge >= 0.3 is 0 Å². The molecule has 0 atom stereocenters. The van der Waals surface area contributed by atoms with Crippen LogP contribution in [0.25, 0.3) is 0 Å². The summed E-state index contributed by atoms with van der Waals surface area (Å²) in [7, 11) is 9.74. The molecular formula is C16H27N3O. The second-order valence-corrected chi connectivity index (χ2v) is 6.02. The third-order valence-electron chi connectivity index (χ3n) is 3.27. The molecule has 0 aliphatic rings. The van der Waals surface area contributed by atoms with E-state index in [2.05, 4.69) is 26.0 Å². The molecule has 1 aromatic rings. The molecule has 1 aromatic carbocycles. The van der Waals surface area contributed by atoms with Gasteiger partial charge in [-0.05, 0) is 17.7 Å². The third kappa shape index (κ3) is 4.15. The molecule has 0 N–H and O–H groups in total. The van der Waals surface area contributed by atoms with Gasteiger partial charge in [0.25, 0.3) is 0 Å². The summed E-state index contributed by atoms with van der Waals surface area (Å²) >= 11 is 0. The second kappa shape index (κ2) is 6.64. The first-order valence-electron chi connectivity index (χ1n) is 6.81. The first-order valence-corrected chi connectivity index (χ1v) is 6.81. The van der Waals surface area contributed by atoms with Crippen LogP contribution in [0.3, 0.4) is 0 Å². The van der Waals surface area contributed by atoms with Crippen molar-refractivity contribution < 1.29 is 4.74 Å². The molecule has 0 aliphatic carbocycles. The number of methoxy groups -OCH3 is 1. The van der Waals surface area contributed by atoms with Crippen molar-refractivity contribution in [1.29, 1.82) is 0 Å². The van der Waals surface area contributed by atoms with Gasteiger partial charge in [-0.1, -0.05) is 26.0 Å². The van der Waals surface area contributed by atoms with Crippen molar-refractivity contribution in [3.8, 4) is 5.75 Å². The Morgan fingerprint density at radius 2 is 1.75 bits per heavy atom. The fraction of sp³-hybridized carbons (Fsp3) is 0.562. The lowest BCUT2D eigenvalue weighted by Crippen LogP contribution is -2.36. The van der Waals surface area contributed by atoms with Gasteiger partial charge in [0.1, 0.15) is 5.75 Å². The molecule has 0 aliphatic heterocycles. The van der Waals surface area contributed by atoms with E-state index < -0.39 is 0 Å². The molecule has 0 amide bonds. The molecule has 0 saturated carbocycles. The van der Waals surface area contributed by atoms with E-state index >= 15 is 0 Å². The van der Waals surface area contributed by atoms with E-state index in [0.29, 0.717) is 0 Å². The lowest BCUT2D eigenvalue weighted by molar-refractivity contribution is 0.411. The van der Waals surface area contributed by atoms with Gasteiger partial charge in [0.05, 0.1) is 13.7 Å². The molecule has 4 nitrogen and oxygen atoms in total. The molecule has 112 valence electrons. The zero-order valence-corrected chi connectivity index (χ0v) is 13.8. The number of hydrogen-bond acceptors (Lipinski definition) is 2. The molecule has 0 saturated heterocycles. The summed E-state index contributed by atoms with van der Waals surface area (Å²) in [5.41, 5.74) is 1.20. The van der Waals surface area contributed by atoms with Crippen molar-refractivity contribution in [3.63, 3.8) is 0 Å². The van der Waals surface area contributed by atoms with Crippen LogP contribution < -0.4 is 4.74 Å². The average Bonchev–Trinajstić information content (AvgIpc) is 2.38. The Bertz CT molecular complexity index is 455. The van der Waals surface area contributed by atoms with Crippen LogP contribution in [-0.2, 0) is 5.41 Å². The van der Waals surface area contributed by atoms with Crippen LogP contribution in [0.15, 0.2) is 29.3 Å². The number of aliphatic imine (C=N–C) groups is 1. The number of ether oxygens (including phenoxy) is 1. The Labute approximate surface area is 123 Å². The molecule has 1 rings (SSSR count). The zero-order valence-electron chi connectivity index (χ0n) is 13.8. The van der Waals surface area contributed by atoms with Crippen LogP contribution in [0.4, 0.5) is 0 Å². The lowest BCUT2D eigenvalue weighted by Gasteiger charge is -2.27. The molecule has 0 spiro atoms. The smallest absolute Gasteiger partial charge is 0.195 e. The predicted octanol–water partition coefficient (Wildman–Crippen LogP) is 2.45. The maximum absolute atomic E-state index is 5.30. The van der Waals surface area contributed by atoms with E-state index in [1.165, 1.54) is 5.56 Å². The van der Waals surface area contributed by atoms with Crippen molar-refractivity contribution in [3.05, 3.63) is 29.8 Å². The molecule has 0 heterocycles. The van der Waals surface area contributed by atoms with Gasteiger partial charge in [0.15, 0.2) is 5.96 Å². The van der Waals surface area contributed by atoms with E-state index in [1.54, 1.807) is 7.11 Å². The van der Waals surface area contributed by atoms with E-state index in [1.807, 2.05) is 50.1 Å². The highest BCUT2D eigenvalue weighted by atomic mass is 16.5. The molecular weight excluding hydrogens is 250 g/mol. The van der Waals surface area contributed by atoms with Crippen molar-refractivity contribution >= 4 is 5.96 Å². The zero-order chi connectivity index (χ0) is 15.3. The Hall–Kier alpha value is -1.71. The number of nitrogens with zero attached hydrogens (tertiary/aromatic N) is 3. The predicted molar refractivity (Wildman–Crippen MR) is 85.7 cm³/mol. The minimum Gasteiger partial charge on any atom is -0.497 e. The molecule has 0 bridgehead atoms. The van der Waals surface area contributed by atoms with E-state index in [9.17, 15) is 0 Å². The fourth-order valence-electron chi connectivity index (χ4n) is 2.09. The number of rotatable bonds is 4. The monoisotopic (exact) mass is 277 g/mol. The van der Waals surface area contributed by atoms with Gasteiger partial charge in [-0.25, -0.2) is 0 Å². The van der Waals surface area contributed by atoms with E-state index in [-0.39, 0.29) is 5.41 Å². The fourth-order valence-corrected chi connectivity index (χ4v) is 2.09. The summed E-state index contributed by atoms with van der Waals surface area (Å²) in [6, 6.07) is 8.20. The van der Waals surface area contributed by atoms with Crippen LogP contribution in [-0.4, -0.2) is 57.6 Å². The Morgan fingerprint density at radius 3 is 2.25 bits per heavy atom. The highest BCUT2D eigenvalue weighted by Gasteiger charge is 2.21. The van der Waals surface area contributed by atoms with Crippen molar-refractivity contribution in [1.82, 2.24) is 9.80 Å². The second-order valence-electron chi connectivity index (χ2n) is 6.02. The summed E-state index contributed by atoms with van der Waals surface area (Å²) in [5, 5.41) is 0. The van der Waals surface area contributed by atoms with E-state index in [4.69, 9.17) is 9.73 Å². The highest BCUT2D eigenvalue weighted by Crippen LogP contribution is 2.26. The summed E-state index contributed by atoms with van der Waals surface area (Å²) < 4.78 is 5.30. The lowest BCUT2D eigenvalue weighted by atomic mass is 9.84. The SMILES string of the molecule is COc1cccc(C(C)(C)CN=C(N(C)C)N(C)C)c1. The van der Waals surface area contributed by atoms with Crippen LogP contribution in [0, 0.1) is 0 Å². The maximum Gasteiger partial charge on any atom is 0.195 e. The Kier molecular flexibility index (Phi) is 5.43. The molecule has 0 aromatic heterocycles. The largest absolute Gasteiger partial charge is 0.497 e. The Balaban J connectivity index is 2.96. The van der Waals surface area contributed by atoms with Crippen LogP contribution in [0.1, 0.15) is 19.4 Å². The molecule has 20 heavy (non-hydrogen) atoms. The van der Waals surface area contributed by atoms with Gasteiger partial charge in [-0.2, -0.15) is 0 Å². The highest BCUT2D eigenvalue weighted by molar-refractivity contribution is 5.79. The van der Waals surface area contributed by atoms with Gasteiger partial charge in [-0.3, -0.25) is 4.99 Å². The minimum absolute atomic E-state index is 0.0359. The third-order valence-corrected chi connectivity index (χ3v) is 3.27. The maximum atomic E-state index is 5.30. The summed E-state index contributed by atoms with van der Waals surface area (Å²) in [6.45, 7) is 5.13. The summed E-state index contributed by atoms with van der Waals surface area (Å²) in [5.74, 6) is 1.86. The van der Waals surface area contributed by atoms with Gasteiger partial charge in [0, 0.05) is 33.6 Å². The first-order chi connectivity index (χ1) is 9.27. The van der Waals surface area contributed by atoms with Gasteiger partial charge < -0.3 is 14.5 Å². The van der Waals surface area contributed by atoms with Crippen molar-refractivity contribution in [2.24, 2.45) is 4.99 Å². The van der Waals surface area contributed by atoms with Gasteiger partial charge in [-0.15, -0.1) is 0 Å². The first kappa shape index (κ1) is 16.3. The minimum atomic E-state index is -0.0359. The van der Waals surface area contributed by atoms with Crippen LogP contribution >= 0.6 is 0 Å². The topological polar surface area (TPSA) is 28.1 Å². The number of benzene rings is 1. The normalized spacial score (nSPS) is 10.9. The van der Waals surface area contributed by atoms with Crippen molar-refractivity contribution in [2.45, 2.75) is 19.3 Å².